The maximum atomic E-state index is 11.0. The first-order valence-electron chi connectivity index (χ1n) is 4.27. The van der Waals surface area contributed by atoms with Gasteiger partial charge >= 0.3 is 0 Å². The van der Waals surface area contributed by atoms with Crippen LogP contribution in [0, 0.1) is 0 Å². The maximum Gasteiger partial charge on any atom is 0.219 e. The lowest BCUT2D eigenvalue weighted by atomic mass is 9.76. The second kappa shape index (κ2) is 3.05. The van der Waals surface area contributed by atoms with Gasteiger partial charge in [0.15, 0.2) is 0 Å². The van der Waals surface area contributed by atoms with E-state index in [-0.39, 0.29) is 11.5 Å². The minimum absolute atomic E-state index is 0.00831. The molecule has 1 saturated carbocycles. The Bertz CT molecular complexity index is 185. The van der Waals surface area contributed by atoms with E-state index in [0.717, 1.165) is 12.8 Å². The molecule has 0 saturated heterocycles. The molecule has 1 fully saturated rings. The lowest BCUT2D eigenvalue weighted by Crippen LogP contribution is -2.54. The number of nitrogens with zero attached hydrogens (tertiary/aromatic N) is 1. The molecular weight excluding hydrogens is 154 g/mol. The summed E-state index contributed by atoms with van der Waals surface area (Å²) in [7, 11) is 3.58. The van der Waals surface area contributed by atoms with Crippen LogP contribution in [0.5, 0.6) is 0 Å². The van der Waals surface area contributed by atoms with Crippen molar-refractivity contribution >= 4 is 5.91 Å². The summed E-state index contributed by atoms with van der Waals surface area (Å²) in [5.74, 6) is 0.137. The third-order valence-electron chi connectivity index (χ3n) is 2.87. The third-order valence-corrected chi connectivity index (χ3v) is 2.87. The highest BCUT2D eigenvalue weighted by molar-refractivity contribution is 5.73. The molecular formula is C9H17NO2. The Labute approximate surface area is 73.7 Å². The van der Waals surface area contributed by atoms with E-state index in [1.165, 1.54) is 0 Å². The molecule has 1 rings (SSSR count). The predicted molar refractivity (Wildman–Crippen MR) is 46.9 cm³/mol. The van der Waals surface area contributed by atoms with Crippen LogP contribution < -0.4 is 0 Å². The molecule has 70 valence electrons. The van der Waals surface area contributed by atoms with E-state index in [1.807, 2.05) is 7.05 Å². The van der Waals surface area contributed by atoms with Gasteiger partial charge < -0.3 is 9.64 Å². The van der Waals surface area contributed by atoms with E-state index in [1.54, 1.807) is 18.9 Å². The molecule has 0 N–H and O–H groups in total. The van der Waals surface area contributed by atoms with Gasteiger partial charge in [0.2, 0.25) is 5.91 Å². The Morgan fingerprint density at radius 1 is 1.58 bits per heavy atom. The van der Waals surface area contributed by atoms with Crippen LogP contribution in [0.25, 0.3) is 0 Å². The van der Waals surface area contributed by atoms with Crippen LogP contribution in [0.3, 0.4) is 0 Å². The molecule has 0 aromatic heterocycles. The molecule has 0 spiro atoms. The van der Waals surface area contributed by atoms with Gasteiger partial charge in [0.1, 0.15) is 0 Å². The van der Waals surface area contributed by atoms with Crippen molar-refractivity contribution in [1.82, 2.24) is 4.90 Å². The number of ether oxygens (including phenoxy) is 1. The second-order valence-corrected chi connectivity index (χ2v) is 3.85. The summed E-state index contributed by atoms with van der Waals surface area (Å²) in [6.07, 6.45) is 1.92. The lowest BCUT2D eigenvalue weighted by molar-refractivity contribution is -0.142. The second-order valence-electron chi connectivity index (χ2n) is 3.85. The molecule has 1 aliphatic rings. The van der Waals surface area contributed by atoms with Crippen molar-refractivity contribution in [2.24, 2.45) is 0 Å². The fraction of sp³-hybridized carbons (Fsp3) is 0.889. The van der Waals surface area contributed by atoms with Crippen LogP contribution in [0.4, 0.5) is 0 Å². The molecule has 0 atom stereocenters. The van der Waals surface area contributed by atoms with Crippen molar-refractivity contribution in [2.45, 2.75) is 38.3 Å². The average molecular weight is 171 g/mol. The largest absolute Gasteiger partial charge is 0.378 e. The SMILES string of the molecule is COC1(C)CC(N(C)C(C)=O)C1. The number of rotatable bonds is 2. The molecule has 12 heavy (non-hydrogen) atoms. The smallest absolute Gasteiger partial charge is 0.219 e. The van der Waals surface area contributed by atoms with E-state index in [4.69, 9.17) is 4.74 Å². The first-order valence-corrected chi connectivity index (χ1v) is 4.27. The number of carbonyl (C=O) groups is 1. The Morgan fingerprint density at radius 2 is 2.08 bits per heavy atom. The van der Waals surface area contributed by atoms with Gasteiger partial charge in [-0.05, 0) is 19.8 Å². The summed E-state index contributed by atoms with van der Waals surface area (Å²) >= 11 is 0. The van der Waals surface area contributed by atoms with Crippen LogP contribution in [0.15, 0.2) is 0 Å². The molecule has 0 bridgehead atoms. The summed E-state index contributed by atoms with van der Waals surface area (Å²) in [6.45, 7) is 3.68. The Balaban J connectivity index is 2.39. The maximum absolute atomic E-state index is 11.0. The zero-order valence-corrected chi connectivity index (χ0v) is 8.26. The normalized spacial score (nSPS) is 34.2. The van der Waals surface area contributed by atoms with Gasteiger partial charge in [0.05, 0.1) is 5.60 Å². The van der Waals surface area contributed by atoms with E-state index in [9.17, 15) is 4.79 Å². The predicted octanol–water partition coefficient (Wildman–Crippen LogP) is 1.03. The first kappa shape index (κ1) is 9.52. The van der Waals surface area contributed by atoms with Gasteiger partial charge in [0.25, 0.3) is 0 Å². The first-order chi connectivity index (χ1) is 5.48. The summed E-state index contributed by atoms with van der Waals surface area (Å²) in [5.41, 5.74) is 0.00831. The molecule has 1 amide bonds. The topological polar surface area (TPSA) is 29.5 Å². The molecule has 0 radical (unpaired) electrons. The van der Waals surface area contributed by atoms with Crippen LogP contribution >= 0.6 is 0 Å². The van der Waals surface area contributed by atoms with Crippen LogP contribution in [0.2, 0.25) is 0 Å². The van der Waals surface area contributed by atoms with Crippen molar-refractivity contribution in [3.63, 3.8) is 0 Å². The molecule has 0 aliphatic heterocycles. The zero-order valence-electron chi connectivity index (χ0n) is 8.26. The van der Waals surface area contributed by atoms with Gasteiger partial charge in [-0.2, -0.15) is 0 Å². The number of methoxy groups -OCH3 is 1. The van der Waals surface area contributed by atoms with Crippen LogP contribution in [-0.2, 0) is 9.53 Å². The van der Waals surface area contributed by atoms with Crippen molar-refractivity contribution in [3.05, 3.63) is 0 Å². The quantitative estimate of drug-likeness (QED) is 0.621. The summed E-state index contributed by atoms with van der Waals surface area (Å²) < 4.78 is 5.30. The average Bonchev–Trinajstić information content (AvgIpc) is 1.97. The van der Waals surface area contributed by atoms with Gasteiger partial charge in [-0.1, -0.05) is 0 Å². The minimum Gasteiger partial charge on any atom is -0.378 e. The molecule has 3 heteroatoms. The van der Waals surface area contributed by atoms with Gasteiger partial charge in [-0.3, -0.25) is 4.79 Å². The fourth-order valence-electron chi connectivity index (χ4n) is 1.63. The summed E-state index contributed by atoms with van der Waals surface area (Å²) in [4.78, 5) is 12.8. The Hall–Kier alpha value is -0.570. The van der Waals surface area contributed by atoms with Crippen molar-refractivity contribution in [1.29, 1.82) is 0 Å². The standard InChI is InChI=1S/C9H17NO2/c1-7(11)10(3)8-5-9(2,6-8)12-4/h8H,5-6H2,1-4H3. The van der Waals surface area contributed by atoms with Crippen molar-refractivity contribution < 1.29 is 9.53 Å². The molecule has 0 heterocycles. The van der Waals surface area contributed by atoms with E-state index < -0.39 is 0 Å². The lowest BCUT2D eigenvalue weighted by Gasteiger charge is -2.47. The van der Waals surface area contributed by atoms with E-state index in [0.29, 0.717) is 6.04 Å². The highest BCUT2D eigenvalue weighted by atomic mass is 16.5. The highest BCUT2D eigenvalue weighted by Gasteiger charge is 2.42. The summed E-state index contributed by atoms with van der Waals surface area (Å²) in [6, 6.07) is 0.382. The molecule has 1 aliphatic carbocycles. The third kappa shape index (κ3) is 1.61. The van der Waals surface area contributed by atoms with E-state index >= 15 is 0 Å². The summed E-state index contributed by atoms with van der Waals surface area (Å²) in [5, 5.41) is 0. The van der Waals surface area contributed by atoms with Gasteiger partial charge in [0, 0.05) is 27.1 Å². The van der Waals surface area contributed by atoms with Gasteiger partial charge in [-0.15, -0.1) is 0 Å². The van der Waals surface area contributed by atoms with Crippen molar-refractivity contribution in [3.8, 4) is 0 Å². The number of amides is 1. The molecule has 0 unspecified atom stereocenters. The highest BCUT2D eigenvalue weighted by Crippen LogP contribution is 2.37. The monoisotopic (exact) mass is 171 g/mol. The van der Waals surface area contributed by atoms with Crippen molar-refractivity contribution in [2.75, 3.05) is 14.2 Å². The number of hydrogen-bond donors (Lipinski definition) is 0. The number of carbonyl (C=O) groups excluding carboxylic acids is 1. The number of hydrogen-bond acceptors (Lipinski definition) is 2. The Morgan fingerprint density at radius 3 is 2.42 bits per heavy atom. The molecule has 0 aromatic rings. The minimum atomic E-state index is 0.00831. The van der Waals surface area contributed by atoms with E-state index in [2.05, 4.69) is 6.92 Å². The fourth-order valence-corrected chi connectivity index (χ4v) is 1.63. The van der Waals surface area contributed by atoms with Crippen LogP contribution in [0.1, 0.15) is 26.7 Å². The Kier molecular flexibility index (Phi) is 2.42. The van der Waals surface area contributed by atoms with Gasteiger partial charge in [-0.25, -0.2) is 0 Å². The van der Waals surface area contributed by atoms with Crippen LogP contribution in [-0.4, -0.2) is 36.6 Å². The zero-order chi connectivity index (χ0) is 9.35. The molecule has 3 nitrogen and oxygen atoms in total. The molecule has 0 aromatic carbocycles.